The molecule has 0 unspecified atom stereocenters. The SMILES string of the molecule is CCC(CC)n1ccc(CC(=O)c2ccc(Br)s2)n1. The first-order valence-electron chi connectivity index (χ1n) is 6.46. The molecule has 0 fully saturated rings. The summed E-state index contributed by atoms with van der Waals surface area (Å²) in [6.45, 7) is 4.31. The Balaban J connectivity index is 2.06. The normalized spacial score (nSPS) is 11.2. The van der Waals surface area contributed by atoms with Crippen LogP contribution in [-0.2, 0) is 6.42 Å². The van der Waals surface area contributed by atoms with Gasteiger partial charge in [-0.3, -0.25) is 9.48 Å². The van der Waals surface area contributed by atoms with Crippen molar-refractivity contribution in [2.24, 2.45) is 0 Å². The molecular formula is C14H17BrN2OS. The topological polar surface area (TPSA) is 34.9 Å². The third-order valence-corrected chi connectivity index (χ3v) is 4.83. The number of carbonyl (C=O) groups is 1. The molecule has 0 spiro atoms. The van der Waals surface area contributed by atoms with Crippen LogP contribution in [0, 0.1) is 0 Å². The molecule has 2 aromatic heterocycles. The maximum Gasteiger partial charge on any atom is 0.178 e. The summed E-state index contributed by atoms with van der Waals surface area (Å²) in [7, 11) is 0. The maximum atomic E-state index is 12.1. The second kappa shape index (κ2) is 6.48. The van der Waals surface area contributed by atoms with E-state index in [4.69, 9.17) is 0 Å². The molecule has 2 heterocycles. The first-order chi connectivity index (χ1) is 9.13. The summed E-state index contributed by atoms with van der Waals surface area (Å²) in [5, 5.41) is 4.51. The number of nitrogens with zero attached hydrogens (tertiary/aromatic N) is 2. The minimum absolute atomic E-state index is 0.130. The molecule has 0 amide bonds. The predicted molar refractivity (Wildman–Crippen MR) is 81.9 cm³/mol. The fraction of sp³-hybridized carbons (Fsp3) is 0.429. The molecule has 2 aromatic rings. The number of thiophene rings is 1. The van der Waals surface area contributed by atoms with Gasteiger partial charge in [0.2, 0.25) is 0 Å². The molecule has 102 valence electrons. The Bertz CT molecular complexity index is 557. The number of carbonyl (C=O) groups excluding carboxylic acids is 1. The largest absolute Gasteiger partial charge is 0.293 e. The standard InChI is InChI=1S/C14H17BrN2OS/c1-3-11(4-2)17-8-7-10(16-17)9-12(18)13-5-6-14(15)19-13/h5-8,11H,3-4,9H2,1-2H3. The summed E-state index contributed by atoms with van der Waals surface area (Å²) in [6.07, 6.45) is 4.47. The lowest BCUT2D eigenvalue weighted by Crippen LogP contribution is -2.09. The summed E-state index contributed by atoms with van der Waals surface area (Å²) >= 11 is 4.84. The van der Waals surface area contributed by atoms with Crippen LogP contribution in [0.3, 0.4) is 0 Å². The summed E-state index contributed by atoms with van der Waals surface area (Å²) < 4.78 is 2.96. The van der Waals surface area contributed by atoms with E-state index in [2.05, 4.69) is 34.9 Å². The Morgan fingerprint density at radius 3 is 2.68 bits per heavy atom. The van der Waals surface area contributed by atoms with Crippen LogP contribution in [0.1, 0.15) is 48.1 Å². The lowest BCUT2D eigenvalue weighted by Gasteiger charge is -2.12. The van der Waals surface area contributed by atoms with Crippen molar-refractivity contribution in [3.8, 4) is 0 Å². The van der Waals surface area contributed by atoms with E-state index < -0.39 is 0 Å². The Kier molecular flexibility index (Phi) is 4.93. The van der Waals surface area contributed by atoms with Gasteiger partial charge in [0.25, 0.3) is 0 Å². The van der Waals surface area contributed by atoms with E-state index in [0.29, 0.717) is 12.5 Å². The first kappa shape index (κ1) is 14.5. The van der Waals surface area contributed by atoms with Gasteiger partial charge < -0.3 is 0 Å². The fourth-order valence-corrected chi connectivity index (χ4v) is 3.38. The molecule has 0 saturated heterocycles. The molecule has 0 saturated carbocycles. The van der Waals surface area contributed by atoms with Crippen LogP contribution in [0.25, 0.3) is 0 Å². The molecule has 2 rings (SSSR count). The van der Waals surface area contributed by atoms with Gasteiger partial charge in [-0.25, -0.2) is 0 Å². The van der Waals surface area contributed by atoms with Crippen LogP contribution < -0.4 is 0 Å². The highest BCUT2D eigenvalue weighted by atomic mass is 79.9. The van der Waals surface area contributed by atoms with Gasteiger partial charge in [0.05, 0.1) is 26.8 Å². The zero-order valence-corrected chi connectivity index (χ0v) is 13.5. The Labute approximate surface area is 125 Å². The molecule has 0 atom stereocenters. The van der Waals surface area contributed by atoms with E-state index in [-0.39, 0.29) is 5.78 Å². The molecule has 5 heteroatoms. The number of ketones is 1. The average molecular weight is 341 g/mol. The van der Waals surface area contributed by atoms with Crippen LogP contribution in [0.4, 0.5) is 0 Å². The van der Waals surface area contributed by atoms with Gasteiger partial charge in [0.15, 0.2) is 5.78 Å². The minimum Gasteiger partial charge on any atom is -0.293 e. The van der Waals surface area contributed by atoms with Crippen molar-refractivity contribution in [2.45, 2.75) is 39.2 Å². The van der Waals surface area contributed by atoms with Crippen LogP contribution in [-0.4, -0.2) is 15.6 Å². The highest BCUT2D eigenvalue weighted by Gasteiger charge is 2.13. The summed E-state index contributed by atoms with van der Waals surface area (Å²) in [6, 6.07) is 6.13. The summed E-state index contributed by atoms with van der Waals surface area (Å²) in [4.78, 5) is 12.9. The van der Waals surface area contributed by atoms with E-state index in [1.807, 2.05) is 29.1 Å². The van der Waals surface area contributed by atoms with E-state index in [1.54, 1.807) is 0 Å². The van der Waals surface area contributed by atoms with E-state index in [0.717, 1.165) is 27.2 Å². The molecule has 0 aromatic carbocycles. The second-order valence-corrected chi connectivity index (χ2v) is 6.92. The fourth-order valence-electron chi connectivity index (χ4n) is 2.05. The third-order valence-electron chi connectivity index (χ3n) is 3.17. The van der Waals surface area contributed by atoms with E-state index in [1.165, 1.54) is 11.3 Å². The van der Waals surface area contributed by atoms with Crippen molar-refractivity contribution in [3.63, 3.8) is 0 Å². The number of halogens is 1. The van der Waals surface area contributed by atoms with Crippen molar-refractivity contribution in [1.82, 2.24) is 9.78 Å². The van der Waals surface area contributed by atoms with Crippen molar-refractivity contribution >= 4 is 33.0 Å². The highest BCUT2D eigenvalue weighted by Crippen LogP contribution is 2.23. The van der Waals surface area contributed by atoms with Gasteiger partial charge >= 0.3 is 0 Å². The number of Topliss-reactive ketones (excluding diaryl/α,β-unsaturated/α-hetero) is 1. The number of hydrogen-bond acceptors (Lipinski definition) is 3. The third kappa shape index (κ3) is 3.54. The second-order valence-electron chi connectivity index (χ2n) is 4.46. The minimum atomic E-state index is 0.130. The monoisotopic (exact) mass is 340 g/mol. The quantitative estimate of drug-likeness (QED) is 0.726. The summed E-state index contributed by atoms with van der Waals surface area (Å²) in [5.74, 6) is 0.130. The van der Waals surface area contributed by atoms with E-state index in [9.17, 15) is 4.79 Å². The highest BCUT2D eigenvalue weighted by molar-refractivity contribution is 9.11. The molecule has 0 bridgehead atoms. The Morgan fingerprint density at radius 1 is 1.37 bits per heavy atom. The smallest absolute Gasteiger partial charge is 0.178 e. The molecule has 0 radical (unpaired) electrons. The van der Waals surface area contributed by atoms with Crippen molar-refractivity contribution < 1.29 is 4.79 Å². The number of rotatable bonds is 6. The van der Waals surface area contributed by atoms with Crippen molar-refractivity contribution in [1.29, 1.82) is 0 Å². The van der Waals surface area contributed by atoms with Crippen LogP contribution >= 0.6 is 27.3 Å². The number of aromatic nitrogens is 2. The van der Waals surface area contributed by atoms with Gasteiger partial charge in [-0.1, -0.05) is 13.8 Å². The Hall–Kier alpha value is -0.940. The molecule has 0 aliphatic rings. The zero-order chi connectivity index (χ0) is 13.8. The molecule has 19 heavy (non-hydrogen) atoms. The lowest BCUT2D eigenvalue weighted by atomic mass is 10.2. The molecule has 0 aliphatic heterocycles. The molecule has 0 aliphatic carbocycles. The van der Waals surface area contributed by atoms with E-state index >= 15 is 0 Å². The van der Waals surface area contributed by atoms with Crippen molar-refractivity contribution in [2.75, 3.05) is 0 Å². The maximum absolute atomic E-state index is 12.1. The van der Waals surface area contributed by atoms with Crippen LogP contribution in [0.5, 0.6) is 0 Å². The average Bonchev–Trinajstić information content (AvgIpc) is 3.00. The van der Waals surface area contributed by atoms with Gasteiger partial charge in [0.1, 0.15) is 0 Å². The zero-order valence-electron chi connectivity index (χ0n) is 11.1. The van der Waals surface area contributed by atoms with Gasteiger partial charge in [0, 0.05) is 6.20 Å². The molecular weight excluding hydrogens is 324 g/mol. The molecule has 3 nitrogen and oxygen atoms in total. The number of hydrogen-bond donors (Lipinski definition) is 0. The van der Waals surface area contributed by atoms with Crippen LogP contribution in [0.2, 0.25) is 0 Å². The summed E-state index contributed by atoms with van der Waals surface area (Å²) in [5.41, 5.74) is 0.849. The molecule has 0 N–H and O–H groups in total. The first-order valence-corrected chi connectivity index (χ1v) is 8.07. The van der Waals surface area contributed by atoms with Gasteiger partial charge in [-0.05, 0) is 47.0 Å². The van der Waals surface area contributed by atoms with Gasteiger partial charge in [-0.2, -0.15) is 5.10 Å². The van der Waals surface area contributed by atoms with Crippen molar-refractivity contribution in [3.05, 3.63) is 38.8 Å². The lowest BCUT2D eigenvalue weighted by molar-refractivity contribution is 0.0995. The van der Waals surface area contributed by atoms with Crippen LogP contribution in [0.15, 0.2) is 28.2 Å². The van der Waals surface area contributed by atoms with Gasteiger partial charge in [-0.15, -0.1) is 11.3 Å². The predicted octanol–water partition coefficient (Wildman–Crippen LogP) is 4.49. The Morgan fingerprint density at radius 2 is 2.11 bits per heavy atom.